The summed E-state index contributed by atoms with van der Waals surface area (Å²) in [6.07, 6.45) is 0. The Morgan fingerprint density at radius 2 is 1.76 bits per heavy atom. The first-order valence-corrected chi connectivity index (χ1v) is 12.5. The van der Waals surface area contributed by atoms with Crippen LogP contribution in [0.5, 0.6) is 0 Å². The van der Waals surface area contributed by atoms with Crippen molar-refractivity contribution < 1.29 is 14.1 Å². The monoisotopic (exact) mass is 481 g/mol. The van der Waals surface area contributed by atoms with Gasteiger partial charge in [0.2, 0.25) is 17.6 Å². The first-order valence-electron chi connectivity index (χ1n) is 11.6. The molecule has 1 N–H and O–H groups in total. The van der Waals surface area contributed by atoms with Gasteiger partial charge in [0.15, 0.2) is 0 Å². The first-order chi connectivity index (χ1) is 16.3. The summed E-state index contributed by atoms with van der Waals surface area (Å²) in [5.41, 5.74) is 2.10. The van der Waals surface area contributed by atoms with Gasteiger partial charge in [0, 0.05) is 31.7 Å². The Labute approximate surface area is 204 Å². The van der Waals surface area contributed by atoms with E-state index >= 15 is 0 Å². The molecule has 9 heteroatoms. The minimum absolute atomic E-state index is 0.00745. The molecule has 1 aromatic carbocycles. The molecule has 1 saturated heterocycles. The Kier molecular flexibility index (Phi) is 7.43. The molecule has 1 aliphatic heterocycles. The summed E-state index contributed by atoms with van der Waals surface area (Å²) in [5.74, 6) is 0.907. The molecule has 180 valence electrons. The summed E-state index contributed by atoms with van der Waals surface area (Å²) in [4.78, 5) is 35.1. The van der Waals surface area contributed by atoms with Gasteiger partial charge in [-0.05, 0) is 31.2 Å². The number of amides is 2. The van der Waals surface area contributed by atoms with Crippen LogP contribution in [0.3, 0.4) is 0 Å². The number of carbonyl (C=O) groups excluding carboxylic acids is 2. The lowest BCUT2D eigenvalue weighted by molar-refractivity contribution is -0.136. The number of rotatable bonds is 7. The average Bonchev–Trinajstić information content (AvgIpc) is 3.55. The number of aromatic nitrogens is 2. The molecule has 34 heavy (non-hydrogen) atoms. The normalized spacial score (nSPS) is 16.4. The quantitative estimate of drug-likeness (QED) is 0.552. The number of hydrogen-bond donors (Lipinski definition) is 1. The number of nitrogens with one attached hydrogen (secondary N) is 1. The van der Waals surface area contributed by atoms with Crippen molar-refractivity contribution in [1.82, 2.24) is 25.3 Å². The summed E-state index contributed by atoms with van der Waals surface area (Å²) in [5, 5.41) is 8.94. The molecule has 4 rings (SSSR count). The van der Waals surface area contributed by atoms with Gasteiger partial charge in [-0.1, -0.05) is 54.9 Å². The largest absolute Gasteiger partial charge is 0.339 e. The Balaban J connectivity index is 1.35. The highest BCUT2D eigenvalue weighted by Crippen LogP contribution is 2.24. The maximum Gasteiger partial charge on any atom is 0.262 e. The third-order valence-electron chi connectivity index (χ3n) is 6.25. The van der Waals surface area contributed by atoms with Crippen LogP contribution in [0.4, 0.5) is 0 Å². The lowest BCUT2D eigenvalue weighted by Crippen LogP contribution is -2.56. The van der Waals surface area contributed by atoms with Crippen molar-refractivity contribution in [2.45, 2.75) is 39.8 Å². The summed E-state index contributed by atoms with van der Waals surface area (Å²) in [6.45, 7) is 10.5. The fourth-order valence-corrected chi connectivity index (χ4v) is 4.67. The molecule has 8 nitrogen and oxygen atoms in total. The second-order valence-corrected chi connectivity index (χ2v) is 9.98. The highest BCUT2D eigenvalue weighted by Gasteiger charge is 2.33. The van der Waals surface area contributed by atoms with E-state index in [2.05, 4.69) is 20.4 Å². The zero-order valence-electron chi connectivity index (χ0n) is 20.0. The second-order valence-electron chi connectivity index (χ2n) is 9.03. The molecule has 0 bridgehead atoms. The van der Waals surface area contributed by atoms with Gasteiger partial charge in [0.1, 0.15) is 6.04 Å². The van der Waals surface area contributed by atoms with Crippen LogP contribution in [0.2, 0.25) is 0 Å². The van der Waals surface area contributed by atoms with E-state index in [0.717, 1.165) is 5.56 Å². The smallest absolute Gasteiger partial charge is 0.262 e. The number of piperazine rings is 1. The maximum absolute atomic E-state index is 13.2. The van der Waals surface area contributed by atoms with E-state index in [1.54, 1.807) is 6.07 Å². The molecule has 0 saturated carbocycles. The van der Waals surface area contributed by atoms with Gasteiger partial charge in [-0.2, -0.15) is 4.98 Å². The fraction of sp³-hybridized carbons (Fsp3) is 0.440. The number of benzene rings is 1. The van der Waals surface area contributed by atoms with Gasteiger partial charge in [-0.25, -0.2) is 0 Å². The van der Waals surface area contributed by atoms with Gasteiger partial charge in [-0.15, -0.1) is 11.3 Å². The van der Waals surface area contributed by atoms with Crippen LogP contribution in [0.15, 0.2) is 46.3 Å². The molecule has 1 fully saturated rings. The van der Waals surface area contributed by atoms with Crippen LogP contribution in [-0.4, -0.2) is 64.0 Å². The predicted octanol–water partition coefficient (Wildman–Crippen LogP) is 3.77. The van der Waals surface area contributed by atoms with Gasteiger partial charge in [0.05, 0.1) is 10.9 Å². The van der Waals surface area contributed by atoms with Crippen LogP contribution in [0, 0.1) is 12.8 Å². The Morgan fingerprint density at radius 1 is 1.06 bits per heavy atom. The molecular formula is C25H31N5O3S. The van der Waals surface area contributed by atoms with Gasteiger partial charge >= 0.3 is 0 Å². The lowest BCUT2D eigenvalue weighted by atomic mass is 10.0. The second kappa shape index (κ2) is 10.5. The average molecular weight is 482 g/mol. The summed E-state index contributed by atoms with van der Waals surface area (Å²) < 4.78 is 5.56. The van der Waals surface area contributed by atoms with E-state index in [0.29, 0.717) is 42.8 Å². The molecule has 1 aliphatic rings. The molecule has 2 atom stereocenters. The van der Waals surface area contributed by atoms with Gasteiger partial charge < -0.3 is 14.7 Å². The Morgan fingerprint density at radius 3 is 2.38 bits per heavy atom. The number of carbonyl (C=O) groups is 2. The van der Waals surface area contributed by atoms with E-state index in [1.807, 2.05) is 68.3 Å². The summed E-state index contributed by atoms with van der Waals surface area (Å²) in [7, 11) is 0. The van der Waals surface area contributed by atoms with Crippen molar-refractivity contribution in [2.75, 3.05) is 26.2 Å². The lowest BCUT2D eigenvalue weighted by Gasteiger charge is -2.38. The van der Waals surface area contributed by atoms with E-state index in [-0.39, 0.29) is 23.8 Å². The molecule has 0 aliphatic carbocycles. The zero-order chi connectivity index (χ0) is 24.2. The maximum atomic E-state index is 13.2. The number of nitrogens with zero attached hydrogens (tertiary/aromatic N) is 4. The van der Waals surface area contributed by atoms with Crippen LogP contribution in [-0.2, 0) is 4.79 Å². The van der Waals surface area contributed by atoms with Gasteiger partial charge in [0.25, 0.3) is 5.91 Å². The summed E-state index contributed by atoms with van der Waals surface area (Å²) in [6, 6.07) is 11.0. The molecule has 2 aromatic heterocycles. The van der Waals surface area contributed by atoms with Crippen LogP contribution in [0.25, 0.3) is 11.4 Å². The van der Waals surface area contributed by atoms with Crippen molar-refractivity contribution >= 4 is 23.2 Å². The van der Waals surface area contributed by atoms with E-state index in [4.69, 9.17) is 4.52 Å². The zero-order valence-corrected chi connectivity index (χ0v) is 20.8. The van der Waals surface area contributed by atoms with Gasteiger partial charge in [-0.3, -0.25) is 14.5 Å². The topological polar surface area (TPSA) is 91.6 Å². The summed E-state index contributed by atoms with van der Waals surface area (Å²) >= 11 is 1.37. The minimum Gasteiger partial charge on any atom is -0.339 e. The Hall–Kier alpha value is -3.04. The third-order valence-corrected chi connectivity index (χ3v) is 7.12. The van der Waals surface area contributed by atoms with Crippen molar-refractivity contribution in [1.29, 1.82) is 0 Å². The van der Waals surface area contributed by atoms with E-state index in [1.165, 1.54) is 16.9 Å². The van der Waals surface area contributed by atoms with E-state index < -0.39 is 6.04 Å². The highest BCUT2D eigenvalue weighted by atomic mass is 32.1. The first kappa shape index (κ1) is 24.1. The standard InChI is InChI=1S/C25H31N5O3S/c1-16(2)21(26-23(31)20-6-5-15-34-20)25(32)30-13-11-29(12-14-30)18(4)24-27-22(28-33-24)19-9-7-17(3)8-10-19/h5-10,15-16,18,21H,11-14H2,1-4H3,(H,26,31). The fourth-order valence-electron chi connectivity index (χ4n) is 4.04. The van der Waals surface area contributed by atoms with Crippen molar-refractivity contribution in [3.05, 3.63) is 58.1 Å². The molecule has 3 heterocycles. The SMILES string of the molecule is Cc1ccc(-c2noc(C(C)N3CCN(C(=O)C(NC(=O)c4cccs4)C(C)C)CC3)n2)cc1. The molecule has 3 aromatic rings. The molecule has 2 unspecified atom stereocenters. The number of aryl methyl sites for hydroxylation is 1. The molecule has 0 spiro atoms. The minimum atomic E-state index is -0.549. The van der Waals surface area contributed by atoms with Crippen molar-refractivity contribution in [2.24, 2.45) is 5.92 Å². The molecular weight excluding hydrogens is 450 g/mol. The Bertz CT molecular complexity index is 1100. The number of hydrogen-bond acceptors (Lipinski definition) is 7. The highest BCUT2D eigenvalue weighted by molar-refractivity contribution is 7.12. The van der Waals surface area contributed by atoms with Crippen LogP contribution >= 0.6 is 11.3 Å². The molecule has 0 radical (unpaired) electrons. The number of thiophene rings is 1. The van der Waals surface area contributed by atoms with Crippen LogP contribution < -0.4 is 5.32 Å². The molecule has 2 amide bonds. The van der Waals surface area contributed by atoms with E-state index in [9.17, 15) is 9.59 Å². The van der Waals surface area contributed by atoms with Crippen LogP contribution in [0.1, 0.15) is 47.9 Å². The van der Waals surface area contributed by atoms with Crippen molar-refractivity contribution in [3.8, 4) is 11.4 Å². The third kappa shape index (κ3) is 5.37. The van der Waals surface area contributed by atoms with Crippen molar-refractivity contribution in [3.63, 3.8) is 0 Å². The predicted molar refractivity (Wildman–Crippen MR) is 131 cm³/mol.